The third kappa shape index (κ3) is 2.73. The van der Waals surface area contributed by atoms with E-state index in [9.17, 15) is 0 Å². The maximum absolute atomic E-state index is 4.19. The van der Waals surface area contributed by atoms with Crippen molar-refractivity contribution in [2.24, 2.45) is 7.05 Å². The molecule has 0 amide bonds. The van der Waals surface area contributed by atoms with Crippen molar-refractivity contribution in [3.8, 4) is 0 Å². The van der Waals surface area contributed by atoms with Crippen molar-refractivity contribution in [3.05, 3.63) is 12.4 Å². The fraction of sp³-hybridized carbons (Fsp3) is 0.700. The summed E-state index contributed by atoms with van der Waals surface area (Å²) in [7, 11) is 2.00. The maximum atomic E-state index is 4.19. The van der Waals surface area contributed by atoms with E-state index in [-0.39, 0.29) is 0 Å². The Labute approximate surface area is 84.7 Å². The minimum atomic E-state index is 0.822. The average molecular weight is 194 g/mol. The highest BCUT2D eigenvalue weighted by molar-refractivity contribution is 5.24. The van der Waals surface area contributed by atoms with E-state index in [2.05, 4.69) is 15.6 Å². The van der Waals surface area contributed by atoms with Crippen molar-refractivity contribution < 1.29 is 0 Å². The van der Waals surface area contributed by atoms with Crippen LogP contribution in [0.1, 0.15) is 19.3 Å². The van der Waals surface area contributed by atoms with Crippen molar-refractivity contribution in [3.63, 3.8) is 0 Å². The Bertz CT molecular complexity index is 277. The minimum Gasteiger partial charge on any atom is -0.356 e. The van der Waals surface area contributed by atoms with Crippen molar-refractivity contribution in [1.29, 1.82) is 0 Å². The summed E-state index contributed by atoms with van der Waals surface area (Å²) in [5.41, 5.74) is 0. The summed E-state index contributed by atoms with van der Waals surface area (Å²) in [5.74, 6) is 0.955. The molecule has 0 saturated heterocycles. The number of rotatable bonds is 6. The number of aryl methyl sites for hydroxylation is 1. The number of anilines is 1. The van der Waals surface area contributed by atoms with Gasteiger partial charge in [0.25, 0.3) is 0 Å². The van der Waals surface area contributed by atoms with Gasteiger partial charge >= 0.3 is 0 Å². The average Bonchev–Trinajstić information content (AvgIpc) is 2.91. The first-order valence-corrected chi connectivity index (χ1v) is 5.31. The van der Waals surface area contributed by atoms with Crippen LogP contribution in [-0.2, 0) is 7.05 Å². The van der Waals surface area contributed by atoms with Crippen LogP contribution in [0.25, 0.3) is 0 Å². The molecule has 0 radical (unpaired) electrons. The molecule has 1 heterocycles. The van der Waals surface area contributed by atoms with Crippen molar-refractivity contribution in [2.75, 3.05) is 18.4 Å². The summed E-state index contributed by atoms with van der Waals surface area (Å²) in [4.78, 5) is 4.19. The van der Waals surface area contributed by atoms with E-state index in [1.807, 2.05) is 24.0 Å². The van der Waals surface area contributed by atoms with Gasteiger partial charge < -0.3 is 15.2 Å². The number of nitrogens with one attached hydrogen (secondary N) is 2. The lowest BCUT2D eigenvalue weighted by molar-refractivity contribution is 0.657. The highest BCUT2D eigenvalue weighted by atomic mass is 15.2. The van der Waals surface area contributed by atoms with Gasteiger partial charge in [0.1, 0.15) is 0 Å². The Kier molecular flexibility index (Phi) is 3.03. The fourth-order valence-corrected chi connectivity index (χ4v) is 1.42. The van der Waals surface area contributed by atoms with E-state index in [1.165, 1.54) is 12.8 Å². The second kappa shape index (κ2) is 4.46. The monoisotopic (exact) mass is 194 g/mol. The normalized spacial score (nSPS) is 15.8. The molecule has 1 aromatic rings. The molecule has 0 bridgehead atoms. The van der Waals surface area contributed by atoms with Gasteiger partial charge in [-0.05, 0) is 25.8 Å². The standard InChI is InChI=1S/C10H18N4/c1-14-8-7-13-10(14)12-6-2-5-11-9-3-4-9/h7-9,11H,2-6H2,1H3,(H,12,13). The SMILES string of the molecule is Cn1ccnc1NCCCNC1CC1. The Morgan fingerprint density at radius 2 is 2.36 bits per heavy atom. The molecule has 2 N–H and O–H groups in total. The predicted octanol–water partition coefficient (Wildman–Crippen LogP) is 0.974. The van der Waals surface area contributed by atoms with Gasteiger partial charge in [-0.3, -0.25) is 0 Å². The first-order valence-electron chi connectivity index (χ1n) is 5.31. The summed E-state index contributed by atoms with van der Waals surface area (Å²) < 4.78 is 1.99. The zero-order valence-electron chi connectivity index (χ0n) is 8.66. The highest BCUT2D eigenvalue weighted by Crippen LogP contribution is 2.18. The van der Waals surface area contributed by atoms with Crippen molar-refractivity contribution >= 4 is 5.95 Å². The number of nitrogens with zero attached hydrogens (tertiary/aromatic N) is 2. The Hall–Kier alpha value is -1.03. The summed E-state index contributed by atoms with van der Waals surface area (Å²) in [6, 6.07) is 0.822. The van der Waals surface area contributed by atoms with Crippen LogP contribution in [0.15, 0.2) is 12.4 Å². The molecule has 1 aliphatic rings. The van der Waals surface area contributed by atoms with E-state index >= 15 is 0 Å². The molecule has 0 aliphatic heterocycles. The van der Waals surface area contributed by atoms with Gasteiger partial charge in [-0.25, -0.2) is 4.98 Å². The van der Waals surface area contributed by atoms with Crippen LogP contribution >= 0.6 is 0 Å². The smallest absolute Gasteiger partial charge is 0.202 e. The summed E-state index contributed by atoms with van der Waals surface area (Å²) in [5, 5.41) is 6.78. The molecule has 1 aliphatic carbocycles. The van der Waals surface area contributed by atoms with Crippen LogP contribution in [0.4, 0.5) is 5.95 Å². The molecule has 14 heavy (non-hydrogen) atoms. The van der Waals surface area contributed by atoms with Gasteiger partial charge in [0.15, 0.2) is 0 Å². The van der Waals surface area contributed by atoms with Gasteiger partial charge in [0, 0.05) is 32.0 Å². The van der Waals surface area contributed by atoms with Crippen molar-refractivity contribution in [1.82, 2.24) is 14.9 Å². The summed E-state index contributed by atoms with van der Waals surface area (Å²) in [6.07, 6.45) is 7.65. The Morgan fingerprint density at radius 3 is 3.00 bits per heavy atom. The van der Waals surface area contributed by atoms with Gasteiger partial charge in [-0.15, -0.1) is 0 Å². The number of imidazole rings is 1. The lowest BCUT2D eigenvalue weighted by Crippen LogP contribution is -2.20. The third-order valence-corrected chi connectivity index (χ3v) is 2.47. The van der Waals surface area contributed by atoms with Crippen LogP contribution < -0.4 is 10.6 Å². The molecule has 2 rings (SSSR count). The van der Waals surface area contributed by atoms with Crippen LogP contribution in [-0.4, -0.2) is 28.7 Å². The predicted molar refractivity (Wildman–Crippen MR) is 57.3 cm³/mol. The molecule has 4 nitrogen and oxygen atoms in total. The molecular formula is C10H18N4. The minimum absolute atomic E-state index is 0.822. The first-order chi connectivity index (χ1) is 6.86. The molecule has 78 valence electrons. The van der Waals surface area contributed by atoms with Gasteiger partial charge in [0.2, 0.25) is 5.95 Å². The largest absolute Gasteiger partial charge is 0.356 e. The molecule has 1 aromatic heterocycles. The first kappa shape index (κ1) is 9.52. The van der Waals surface area contributed by atoms with E-state index in [0.29, 0.717) is 0 Å². The van der Waals surface area contributed by atoms with Gasteiger partial charge in [-0.2, -0.15) is 0 Å². The topological polar surface area (TPSA) is 41.9 Å². The van der Waals surface area contributed by atoms with Crippen LogP contribution in [0.5, 0.6) is 0 Å². The second-order valence-corrected chi connectivity index (χ2v) is 3.87. The molecule has 0 spiro atoms. The Balaban J connectivity index is 1.56. The second-order valence-electron chi connectivity index (χ2n) is 3.87. The lowest BCUT2D eigenvalue weighted by atomic mass is 10.4. The van der Waals surface area contributed by atoms with E-state index in [1.54, 1.807) is 0 Å². The van der Waals surface area contributed by atoms with Crippen LogP contribution in [0.3, 0.4) is 0 Å². The summed E-state index contributed by atoms with van der Waals surface area (Å²) >= 11 is 0. The summed E-state index contributed by atoms with van der Waals surface area (Å²) in [6.45, 7) is 2.10. The van der Waals surface area contributed by atoms with E-state index in [0.717, 1.165) is 31.5 Å². The Morgan fingerprint density at radius 1 is 1.50 bits per heavy atom. The maximum Gasteiger partial charge on any atom is 0.202 e. The molecule has 4 heteroatoms. The highest BCUT2D eigenvalue weighted by Gasteiger charge is 2.19. The fourth-order valence-electron chi connectivity index (χ4n) is 1.42. The quantitative estimate of drug-likeness (QED) is 0.663. The number of aromatic nitrogens is 2. The van der Waals surface area contributed by atoms with Crippen LogP contribution in [0.2, 0.25) is 0 Å². The van der Waals surface area contributed by atoms with Crippen molar-refractivity contribution in [2.45, 2.75) is 25.3 Å². The van der Waals surface area contributed by atoms with E-state index < -0.39 is 0 Å². The van der Waals surface area contributed by atoms with Gasteiger partial charge in [0.05, 0.1) is 0 Å². The molecule has 0 unspecified atom stereocenters. The molecule has 0 aromatic carbocycles. The van der Waals surface area contributed by atoms with Crippen LogP contribution in [0, 0.1) is 0 Å². The molecule has 1 saturated carbocycles. The molecule has 1 fully saturated rings. The molecule has 0 atom stereocenters. The molecular weight excluding hydrogens is 176 g/mol. The zero-order valence-corrected chi connectivity index (χ0v) is 8.66. The zero-order chi connectivity index (χ0) is 9.80. The number of hydrogen-bond acceptors (Lipinski definition) is 3. The number of hydrogen-bond donors (Lipinski definition) is 2. The van der Waals surface area contributed by atoms with E-state index in [4.69, 9.17) is 0 Å². The van der Waals surface area contributed by atoms with Gasteiger partial charge in [-0.1, -0.05) is 0 Å². The lowest BCUT2D eigenvalue weighted by Gasteiger charge is -2.06. The third-order valence-electron chi connectivity index (χ3n) is 2.47.